The van der Waals surface area contributed by atoms with E-state index >= 15 is 0 Å². The number of amides is 1. The number of hydrogen-bond donors (Lipinski definition) is 1. The number of ether oxygens (including phenoxy) is 2. The summed E-state index contributed by atoms with van der Waals surface area (Å²) in [5, 5.41) is 4.34. The van der Waals surface area contributed by atoms with Gasteiger partial charge < -0.3 is 9.47 Å². The number of sulfonamides is 1. The van der Waals surface area contributed by atoms with Gasteiger partial charge in [-0.1, -0.05) is 35.9 Å². The molecule has 0 aliphatic rings. The summed E-state index contributed by atoms with van der Waals surface area (Å²) >= 11 is 5.92. The number of methoxy groups -OCH3 is 1. The highest BCUT2D eigenvalue weighted by molar-refractivity contribution is 7.92. The number of hydrogen-bond acceptors (Lipinski definition) is 6. The highest BCUT2D eigenvalue weighted by atomic mass is 35.5. The average Bonchev–Trinajstić information content (AvgIpc) is 2.84. The first-order valence-corrected chi connectivity index (χ1v) is 12.1. The molecule has 0 atom stereocenters. The van der Waals surface area contributed by atoms with E-state index < -0.39 is 22.5 Å². The summed E-state index contributed by atoms with van der Waals surface area (Å²) < 4.78 is 38.9. The van der Waals surface area contributed by atoms with Crippen molar-refractivity contribution in [2.75, 3.05) is 24.6 Å². The van der Waals surface area contributed by atoms with E-state index in [1.54, 1.807) is 49.4 Å². The normalized spacial score (nSPS) is 11.3. The summed E-state index contributed by atoms with van der Waals surface area (Å²) in [6.45, 7) is 1.58. The SMILES string of the molecule is CCOc1ccccc1N(CC(=O)N/N=C\c1ccccc1OC)S(=O)(=O)c1ccc(Cl)cc1. The number of para-hydroxylation sites is 3. The third kappa shape index (κ3) is 6.06. The number of benzene rings is 3. The Morgan fingerprint density at radius 1 is 1.03 bits per heavy atom. The summed E-state index contributed by atoms with van der Waals surface area (Å²) in [6, 6.07) is 19.4. The van der Waals surface area contributed by atoms with E-state index in [0.29, 0.717) is 28.7 Å². The molecule has 10 heteroatoms. The molecule has 0 radical (unpaired) electrons. The van der Waals surface area contributed by atoms with Crippen molar-refractivity contribution in [1.29, 1.82) is 0 Å². The van der Waals surface area contributed by atoms with Gasteiger partial charge in [0, 0.05) is 10.6 Å². The molecule has 8 nitrogen and oxygen atoms in total. The molecule has 34 heavy (non-hydrogen) atoms. The molecule has 0 aromatic heterocycles. The van der Waals surface area contributed by atoms with Gasteiger partial charge in [-0.05, 0) is 55.5 Å². The van der Waals surface area contributed by atoms with Crippen LogP contribution in [0.5, 0.6) is 11.5 Å². The number of rotatable bonds is 10. The molecule has 3 aromatic rings. The Morgan fingerprint density at radius 3 is 2.35 bits per heavy atom. The number of nitrogens with zero attached hydrogens (tertiary/aromatic N) is 2. The van der Waals surface area contributed by atoms with Gasteiger partial charge >= 0.3 is 0 Å². The van der Waals surface area contributed by atoms with Crippen LogP contribution in [0.25, 0.3) is 0 Å². The van der Waals surface area contributed by atoms with Gasteiger partial charge in [0.05, 0.1) is 30.5 Å². The molecule has 0 fully saturated rings. The maximum Gasteiger partial charge on any atom is 0.264 e. The van der Waals surface area contributed by atoms with E-state index in [0.717, 1.165) is 4.31 Å². The van der Waals surface area contributed by atoms with E-state index in [1.165, 1.54) is 37.6 Å². The van der Waals surface area contributed by atoms with Crippen molar-refractivity contribution in [3.8, 4) is 11.5 Å². The zero-order valence-corrected chi connectivity index (χ0v) is 20.2. The molecule has 0 unspecified atom stereocenters. The number of carbonyl (C=O) groups excluding carboxylic acids is 1. The Labute approximate surface area is 203 Å². The lowest BCUT2D eigenvalue weighted by Gasteiger charge is -2.25. The Kier molecular flexibility index (Phi) is 8.50. The third-order valence-corrected chi connectivity index (χ3v) is 6.68. The standard InChI is InChI=1S/C24H24ClN3O5S/c1-3-33-23-11-7-5-9-21(23)28(34(30,31)20-14-12-19(25)13-15-20)17-24(29)27-26-16-18-8-4-6-10-22(18)32-2/h4-16H,3,17H2,1-2H3,(H,27,29)/b26-16-. The second kappa shape index (κ2) is 11.5. The van der Waals surface area contributed by atoms with Crippen molar-refractivity contribution >= 4 is 39.4 Å². The van der Waals surface area contributed by atoms with Crippen LogP contribution >= 0.6 is 11.6 Å². The van der Waals surface area contributed by atoms with Gasteiger partial charge in [0.15, 0.2) is 0 Å². The predicted molar refractivity (Wildman–Crippen MR) is 132 cm³/mol. The highest BCUT2D eigenvalue weighted by Crippen LogP contribution is 2.32. The van der Waals surface area contributed by atoms with Gasteiger partial charge in [0.25, 0.3) is 15.9 Å². The Morgan fingerprint density at radius 2 is 1.68 bits per heavy atom. The molecule has 0 aliphatic carbocycles. The molecular formula is C24H24ClN3O5S. The topological polar surface area (TPSA) is 97.3 Å². The minimum Gasteiger partial charge on any atom is -0.496 e. The molecule has 3 rings (SSSR count). The molecular weight excluding hydrogens is 478 g/mol. The van der Waals surface area contributed by atoms with Gasteiger partial charge in [-0.25, -0.2) is 13.8 Å². The van der Waals surface area contributed by atoms with Crippen LogP contribution < -0.4 is 19.2 Å². The maximum atomic E-state index is 13.5. The number of anilines is 1. The van der Waals surface area contributed by atoms with Crippen molar-refractivity contribution in [2.45, 2.75) is 11.8 Å². The average molecular weight is 502 g/mol. The molecule has 0 spiro atoms. The van der Waals surface area contributed by atoms with E-state index in [9.17, 15) is 13.2 Å². The smallest absolute Gasteiger partial charge is 0.264 e. The molecule has 0 saturated heterocycles. The van der Waals surface area contributed by atoms with Gasteiger partial charge in [-0.3, -0.25) is 9.10 Å². The molecule has 0 heterocycles. The molecule has 0 bridgehead atoms. The Bertz CT molecular complexity index is 1260. The predicted octanol–water partition coefficient (Wildman–Crippen LogP) is 4.09. The fraction of sp³-hybridized carbons (Fsp3) is 0.167. The summed E-state index contributed by atoms with van der Waals surface area (Å²) in [4.78, 5) is 12.7. The molecule has 1 N–H and O–H groups in total. The lowest BCUT2D eigenvalue weighted by molar-refractivity contribution is -0.119. The lowest BCUT2D eigenvalue weighted by atomic mass is 10.2. The van der Waals surface area contributed by atoms with Crippen LogP contribution in [0.2, 0.25) is 5.02 Å². The monoisotopic (exact) mass is 501 g/mol. The van der Waals surface area contributed by atoms with Gasteiger partial charge in [-0.15, -0.1) is 0 Å². The Balaban J connectivity index is 1.90. The van der Waals surface area contributed by atoms with Crippen LogP contribution in [0.3, 0.4) is 0 Å². The number of carbonyl (C=O) groups is 1. The summed E-state index contributed by atoms with van der Waals surface area (Å²) in [5.74, 6) is 0.265. The van der Waals surface area contributed by atoms with Gasteiger partial charge in [0.2, 0.25) is 0 Å². The summed E-state index contributed by atoms with van der Waals surface area (Å²) in [7, 11) is -2.60. The van der Waals surface area contributed by atoms with Crippen LogP contribution in [0.15, 0.2) is 82.8 Å². The first-order chi connectivity index (χ1) is 16.4. The van der Waals surface area contributed by atoms with E-state index in [-0.39, 0.29) is 10.6 Å². The van der Waals surface area contributed by atoms with Crippen molar-refractivity contribution in [2.24, 2.45) is 5.10 Å². The van der Waals surface area contributed by atoms with Crippen LogP contribution in [0.4, 0.5) is 5.69 Å². The van der Waals surface area contributed by atoms with Crippen LogP contribution in [0, 0.1) is 0 Å². The minimum atomic E-state index is -4.13. The van der Waals surface area contributed by atoms with Crippen molar-refractivity contribution < 1.29 is 22.7 Å². The minimum absolute atomic E-state index is 0.0199. The fourth-order valence-corrected chi connectivity index (χ4v) is 4.64. The second-order valence-electron chi connectivity index (χ2n) is 6.90. The third-order valence-electron chi connectivity index (χ3n) is 4.65. The van der Waals surface area contributed by atoms with Gasteiger partial charge in [-0.2, -0.15) is 5.10 Å². The molecule has 1 amide bonds. The van der Waals surface area contributed by atoms with Crippen molar-refractivity contribution in [1.82, 2.24) is 5.43 Å². The van der Waals surface area contributed by atoms with Crippen molar-refractivity contribution in [3.05, 3.63) is 83.4 Å². The van der Waals surface area contributed by atoms with E-state index in [2.05, 4.69) is 10.5 Å². The first kappa shape index (κ1) is 25.1. The van der Waals surface area contributed by atoms with Gasteiger partial charge in [0.1, 0.15) is 18.0 Å². The maximum absolute atomic E-state index is 13.5. The van der Waals surface area contributed by atoms with Crippen LogP contribution in [0.1, 0.15) is 12.5 Å². The molecule has 3 aromatic carbocycles. The molecule has 178 valence electrons. The molecule has 0 saturated carbocycles. The lowest BCUT2D eigenvalue weighted by Crippen LogP contribution is -2.39. The van der Waals surface area contributed by atoms with Crippen LogP contribution in [-0.2, 0) is 14.8 Å². The highest BCUT2D eigenvalue weighted by Gasteiger charge is 2.29. The largest absolute Gasteiger partial charge is 0.496 e. The van der Waals surface area contributed by atoms with E-state index in [4.69, 9.17) is 21.1 Å². The van der Waals surface area contributed by atoms with Crippen LogP contribution in [-0.4, -0.2) is 40.8 Å². The fourth-order valence-electron chi connectivity index (χ4n) is 3.09. The van der Waals surface area contributed by atoms with E-state index in [1.807, 2.05) is 6.07 Å². The second-order valence-corrected chi connectivity index (χ2v) is 9.20. The number of hydrazone groups is 1. The number of nitrogens with one attached hydrogen (secondary N) is 1. The Hall–Kier alpha value is -3.56. The summed E-state index contributed by atoms with van der Waals surface area (Å²) in [6.07, 6.45) is 1.42. The zero-order valence-electron chi connectivity index (χ0n) is 18.6. The summed E-state index contributed by atoms with van der Waals surface area (Å²) in [5.41, 5.74) is 3.25. The van der Waals surface area contributed by atoms with Crippen molar-refractivity contribution in [3.63, 3.8) is 0 Å². The number of halogens is 1. The quantitative estimate of drug-likeness (QED) is 0.333. The zero-order chi connectivity index (χ0) is 24.6. The first-order valence-electron chi connectivity index (χ1n) is 10.3. The molecule has 0 aliphatic heterocycles.